The van der Waals surface area contributed by atoms with Crippen LogP contribution >= 0.6 is 0 Å². The highest BCUT2D eigenvalue weighted by Crippen LogP contribution is 2.19. The first kappa shape index (κ1) is 10.9. The van der Waals surface area contributed by atoms with Gasteiger partial charge in [0.05, 0.1) is 12.1 Å². The average Bonchev–Trinajstić information content (AvgIpc) is 2.64. The molecule has 1 aromatic carbocycles. The first-order valence-corrected chi connectivity index (χ1v) is 5.06. The number of aromatic amines is 1. The van der Waals surface area contributed by atoms with E-state index in [1.54, 1.807) is 7.11 Å². The minimum Gasteiger partial charge on any atom is -0.408 e. The molecule has 1 atom stereocenters. The highest BCUT2D eigenvalue weighted by molar-refractivity contribution is 5.72. The van der Waals surface area contributed by atoms with Crippen molar-refractivity contribution < 1.29 is 9.15 Å². The van der Waals surface area contributed by atoms with E-state index in [2.05, 4.69) is 4.98 Å². The number of nitrogens with one attached hydrogen (secondary N) is 1. The zero-order valence-corrected chi connectivity index (χ0v) is 9.03. The number of hydrogen-bond acceptors (Lipinski definition) is 4. The molecule has 0 fully saturated rings. The molecule has 86 valence electrons. The molecule has 1 unspecified atom stereocenters. The lowest BCUT2D eigenvalue weighted by atomic mass is 10.00. The molecule has 0 bridgehead atoms. The Morgan fingerprint density at radius 2 is 2.38 bits per heavy atom. The number of H-pyrrole nitrogens is 1. The molecular weight excluding hydrogens is 208 g/mol. The Hall–Kier alpha value is -1.59. The predicted molar refractivity (Wildman–Crippen MR) is 60.5 cm³/mol. The zero-order valence-electron chi connectivity index (χ0n) is 9.03. The second-order valence-corrected chi connectivity index (χ2v) is 3.66. The molecule has 3 N–H and O–H groups in total. The van der Waals surface area contributed by atoms with E-state index < -0.39 is 5.76 Å². The summed E-state index contributed by atoms with van der Waals surface area (Å²) in [4.78, 5) is 13.6. The number of benzene rings is 1. The first-order chi connectivity index (χ1) is 7.74. The van der Waals surface area contributed by atoms with Crippen molar-refractivity contribution in [3.8, 4) is 0 Å². The van der Waals surface area contributed by atoms with Crippen LogP contribution in [0.4, 0.5) is 0 Å². The van der Waals surface area contributed by atoms with Crippen LogP contribution in [0.15, 0.2) is 27.4 Å². The fraction of sp³-hybridized carbons (Fsp3) is 0.364. The standard InChI is InChI=1S/C11H14N2O3/c1-15-6-8(5-12)7-2-3-9-10(4-7)16-11(14)13-9/h2-4,8H,5-6,12H2,1H3,(H,13,14). The van der Waals surface area contributed by atoms with E-state index in [0.29, 0.717) is 24.3 Å². The average molecular weight is 222 g/mol. The summed E-state index contributed by atoms with van der Waals surface area (Å²) < 4.78 is 10.1. The number of oxazole rings is 1. The molecule has 0 saturated carbocycles. The normalized spacial score (nSPS) is 13.1. The van der Waals surface area contributed by atoms with Crippen molar-refractivity contribution in [3.63, 3.8) is 0 Å². The van der Waals surface area contributed by atoms with Gasteiger partial charge >= 0.3 is 5.76 Å². The Balaban J connectivity index is 2.40. The second-order valence-electron chi connectivity index (χ2n) is 3.66. The molecule has 16 heavy (non-hydrogen) atoms. The minimum absolute atomic E-state index is 0.120. The number of rotatable bonds is 4. The van der Waals surface area contributed by atoms with Crippen LogP contribution in [0.5, 0.6) is 0 Å². The van der Waals surface area contributed by atoms with Gasteiger partial charge in [0.1, 0.15) is 0 Å². The molecule has 0 aliphatic carbocycles. The Kier molecular flexibility index (Phi) is 3.07. The van der Waals surface area contributed by atoms with E-state index in [4.69, 9.17) is 14.9 Å². The molecule has 0 saturated heterocycles. The summed E-state index contributed by atoms with van der Waals surface area (Å²) in [5.41, 5.74) is 7.92. The summed E-state index contributed by atoms with van der Waals surface area (Å²) in [6.07, 6.45) is 0. The molecule has 5 heteroatoms. The quantitative estimate of drug-likeness (QED) is 0.802. The van der Waals surface area contributed by atoms with E-state index in [-0.39, 0.29) is 5.92 Å². The molecule has 1 aromatic heterocycles. The van der Waals surface area contributed by atoms with Gasteiger partial charge in [-0.3, -0.25) is 4.98 Å². The topological polar surface area (TPSA) is 81.2 Å². The first-order valence-electron chi connectivity index (χ1n) is 5.06. The summed E-state index contributed by atoms with van der Waals surface area (Å²) in [6.45, 7) is 1.05. The Morgan fingerprint density at radius 1 is 1.56 bits per heavy atom. The van der Waals surface area contributed by atoms with Crippen molar-refractivity contribution in [3.05, 3.63) is 34.3 Å². The van der Waals surface area contributed by atoms with Gasteiger partial charge in [0.2, 0.25) is 0 Å². The van der Waals surface area contributed by atoms with Gasteiger partial charge in [-0.25, -0.2) is 4.79 Å². The highest BCUT2D eigenvalue weighted by Gasteiger charge is 2.11. The van der Waals surface area contributed by atoms with Crippen LogP contribution in [0.3, 0.4) is 0 Å². The van der Waals surface area contributed by atoms with Crippen molar-refractivity contribution in [2.45, 2.75) is 5.92 Å². The fourth-order valence-corrected chi connectivity index (χ4v) is 1.72. The number of nitrogens with two attached hydrogens (primary N) is 1. The van der Waals surface area contributed by atoms with E-state index in [1.165, 1.54) is 0 Å². The number of aromatic nitrogens is 1. The van der Waals surface area contributed by atoms with Gasteiger partial charge in [0.25, 0.3) is 0 Å². The van der Waals surface area contributed by atoms with Crippen LogP contribution in [-0.4, -0.2) is 25.2 Å². The number of hydrogen-bond donors (Lipinski definition) is 2. The predicted octanol–water partition coefficient (Wildman–Crippen LogP) is 0.810. The smallest absolute Gasteiger partial charge is 0.408 e. The van der Waals surface area contributed by atoms with Crippen LogP contribution in [0, 0.1) is 0 Å². The molecule has 0 aliphatic heterocycles. The van der Waals surface area contributed by atoms with E-state index >= 15 is 0 Å². The number of fused-ring (bicyclic) bond motifs is 1. The van der Waals surface area contributed by atoms with Crippen LogP contribution in [0.2, 0.25) is 0 Å². The molecule has 2 aromatic rings. The molecule has 0 amide bonds. The molecule has 0 spiro atoms. The van der Waals surface area contributed by atoms with Crippen molar-refractivity contribution in [1.82, 2.24) is 4.98 Å². The largest absolute Gasteiger partial charge is 0.417 e. The van der Waals surface area contributed by atoms with Crippen LogP contribution < -0.4 is 11.5 Å². The summed E-state index contributed by atoms with van der Waals surface area (Å²) in [5.74, 6) is -0.321. The number of ether oxygens (including phenoxy) is 1. The van der Waals surface area contributed by atoms with Gasteiger partial charge in [-0.15, -0.1) is 0 Å². The summed E-state index contributed by atoms with van der Waals surface area (Å²) in [5, 5.41) is 0. The van der Waals surface area contributed by atoms with Gasteiger partial charge in [-0.1, -0.05) is 6.07 Å². The zero-order chi connectivity index (χ0) is 11.5. The molecule has 5 nitrogen and oxygen atoms in total. The van der Waals surface area contributed by atoms with Gasteiger partial charge in [-0.05, 0) is 17.7 Å². The monoisotopic (exact) mass is 222 g/mol. The second kappa shape index (κ2) is 4.51. The van der Waals surface area contributed by atoms with Gasteiger partial charge in [0.15, 0.2) is 5.58 Å². The molecule has 2 rings (SSSR count). The summed E-state index contributed by atoms with van der Waals surface area (Å²) in [7, 11) is 1.64. The lowest BCUT2D eigenvalue weighted by Gasteiger charge is -2.13. The van der Waals surface area contributed by atoms with Crippen LogP contribution in [-0.2, 0) is 4.74 Å². The third-order valence-corrected chi connectivity index (χ3v) is 2.57. The van der Waals surface area contributed by atoms with Gasteiger partial charge in [0, 0.05) is 19.6 Å². The Labute approximate surface area is 92.2 Å². The molecular formula is C11H14N2O3. The fourth-order valence-electron chi connectivity index (χ4n) is 1.72. The van der Waals surface area contributed by atoms with Gasteiger partial charge in [-0.2, -0.15) is 0 Å². The lowest BCUT2D eigenvalue weighted by Crippen LogP contribution is -2.17. The van der Waals surface area contributed by atoms with E-state index in [1.807, 2.05) is 18.2 Å². The Morgan fingerprint density at radius 3 is 3.06 bits per heavy atom. The van der Waals surface area contributed by atoms with Crippen molar-refractivity contribution >= 4 is 11.1 Å². The third kappa shape index (κ3) is 2.00. The molecule has 0 aliphatic rings. The maximum atomic E-state index is 11.0. The third-order valence-electron chi connectivity index (χ3n) is 2.57. The summed E-state index contributed by atoms with van der Waals surface area (Å²) >= 11 is 0. The summed E-state index contributed by atoms with van der Waals surface area (Å²) in [6, 6.07) is 5.56. The van der Waals surface area contributed by atoms with Gasteiger partial charge < -0.3 is 14.9 Å². The van der Waals surface area contributed by atoms with Crippen LogP contribution in [0.25, 0.3) is 11.1 Å². The maximum absolute atomic E-state index is 11.0. The highest BCUT2D eigenvalue weighted by atomic mass is 16.5. The van der Waals surface area contributed by atoms with Crippen LogP contribution in [0.1, 0.15) is 11.5 Å². The molecule has 0 radical (unpaired) electrons. The molecule has 1 heterocycles. The SMILES string of the molecule is COCC(CN)c1ccc2[nH]c(=O)oc2c1. The van der Waals surface area contributed by atoms with Crippen molar-refractivity contribution in [2.24, 2.45) is 5.73 Å². The van der Waals surface area contributed by atoms with E-state index in [0.717, 1.165) is 5.56 Å². The van der Waals surface area contributed by atoms with Crippen molar-refractivity contribution in [2.75, 3.05) is 20.3 Å². The lowest BCUT2D eigenvalue weighted by molar-refractivity contribution is 0.181. The van der Waals surface area contributed by atoms with E-state index in [9.17, 15) is 4.79 Å². The Bertz CT molecular complexity index is 529. The van der Waals surface area contributed by atoms with Crippen molar-refractivity contribution in [1.29, 1.82) is 0 Å². The maximum Gasteiger partial charge on any atom is 0.417 e. The number of methoxy groups -OCH3 is 1. The minimum atomic E-state index is -0.441.